The Bertz CT molecular complexity index is 862. The van der Waals surface area contributed by atoms with E-state index in [0.717, 1.165) is 35.3 Å². The summed E-state index contributed by atoms with van der Waals surface area (Å²) >= 11 is 1.06. The molecule has 2 aromatic rings. The zero-order chi connectivity index (χ0) is 19.2. The summed E-state index contributed by atoms with van der Waals surface area (Å²) in [5.74, 6) is -1.04. The number of aryl methyl sites for hydroxylation is 1. The number of fused-ring (bicyclic) bond motifs is 1. The molecule has 0 unspecified atom stereocenters. The number of benzene rings is 1. The monoisotopic (exact) mass is 395 g/mol. The third-order valence-electron chi connectivity index (χ3n) is 5.30. The van der Waals surface area contributed by atoms with E-state index >= 15 is 0 Å². The quantitative estimate of drug-likeness (QED) is 0.767. The van der Waals surface area contributed by atoms with Crippen LogP contribution < -0.4 is 5.01 Å². The molecule has 0 bridgehead atoms. The van der Waals surface area contributed by atoms with Crippen LogP contribution in [0.3, 0.4) is 0 Å². The summed E-state index contributed by atoms with van der Waals surface area (Å²) in [5, 5.41) is 17.5. The van der Waals surface area contributed by atoms with Crippen LogP contribution in [0.2, 0.25) is 0 Å². The molecule has 0 amide bonds. The van der Waals surface area contributed by atoms with Crippen molar-refractivity contribution in [3.63, 3.8) is 0 Å². The van der Waals surface area contributed by atoms with Crippen molar-refractivity contribution >= 4 is 22.2 Å². The average Bonchev–Trinajstić information content (AvgIpc) is 3.11. The second kappa shape index (κ2) is 6.60. The summed E-state index contributed by atoms with van der Waals surface area (Å²) in [7, 11) is 0. The number of aromatic nitrogens is 1. The summed E-state index contributed by atoms with van der Waals surface area (Å²) in [4.78, 5) is 4.36. The molecule has 0 spiro atoms. The molecular weight excluding hydrogens is 375 g/mol. The van der Waals surface area contributed by atoms with Crippen molar-refractivity contribution in [2.45, 2.75) is 50.9 Å². The van der Waals surface area contributed by atoms with E-state index in [-0.39, 0.29) is 11.6 Å². The van der Waals surface area contributed by atoms with Crippen molar-refractivity contribution in [1.82, 2.24) is 4.98 Å². The Hall–Kier alpha value is -1.93. The Morgan fingerprint density at radius 2 is 1.93 bits per heavy atom. The fourth-order valence-corrected chi connectivity index (χ4v) is 4.64. The maximum atomic E-state index is 14.0. The van der Waals surface area contributed by atoms with Crippen LogP contribution in [0.4, 0.5) is 18.3 Å². The molecule has 8 heteroatoms. The molecule has 2 atom stereocenters. The molecule has 1 fully saturated rings. The molecule has 1 aliphatic heterocycles. The highest BCUT2D eigenvalue weighted by atomic mass is 32.1. The van der Waals surface area contributed by atoms with Gasteiger partial charge in [-0.15, -0.1) is 11.3 Å². The second-order valence-electron chi connectivity index (χ2n) is 7.16. The minimum atomic E-state index is -4.83. The van der Waals surface area contributed by atoms with Crippen molar-refractivity contribution < 1.29 is 18.3 Å². The number of hydrazone groups is 1. The first-order valence-electron chi connectivity index (χ1n) is 9.00. The molecule has 0 radical (unpaired) electrons. The highest BCUT2D eigenvalue weighted by Gasteiger charge is 2.67. The number of halogens is 3. The number of nitrogens with zero attached hydrogens (tertiary/aromatic N) is 3. The number of hydrogen-bond acceptors (Lipinski definition) is 5. The van der Waals surface area contributed by atoms with Gasteiger partial charge in [-0.1, -0.05) is 42.7 Å². The average molecular weight is 395 g/mol. The van der Waals surface area contributed by atoms with Crippen LogP contribution in [-0.4, -0.2) is 27.7 Å². The van der Waals surface area contributed by atoms with Crippen LogP contribution in [0, 0.1) is 12.8 Å². The zero-order valence-electron chi connectivity index (χ0n) is 14.8. The maximum Gasteiger partial charge on any atom is 0.439 e. The molecular formula is C19H20F3N3OS. The van der Waals surface area contributed by atoms with Gasteiger partial charge in [-0.05, 0) is 26.2 Å². The van der Waals surface area contributed by atoms with Crippen LogP contribution >= 0.6 is 11.3 Å². The van der Waals surface area contributed by atoms with Crippen LogP contribution in [0.1, 0.15) is 37.7 Å². The maximum absolute atomic E-state index is 14.0. The van der Waals surface area contributed by atoms with Gasteiger partial charge in [0.1, 0.15) is 0 Å². The Labute approximate surface area is 159 Å². The summed E-state index contributed by atoms with van der Waals surface area (Å²) in [6, 6.07) is 7.61. The van der Waals surface area contributed by atoms with Crippen LogP contribution in [0.15, 0.2) is 34.7 Å². The normalized spacial score (nSPS) is 25.9. The van der Waals surface area contributed by atoms with E-state index in [0.29, 0.717) is 29.3 Å². The summed E-state index contributed by atoms with van der Waals surface area (Å²) in [6.07, 6.45) is -1.76. The number of thiazole rings is 1. The Morgan fingerprint density at radius 1 is 1.19 bits per heavy atom. The zero-order valence-corrected chi connectivity index (χ0v) is 15.6. The lowest BCUT2D eigenvalue weighted by molar-refractivity contribution is -0.268. The number of alkyl halides is 3. The summed E-state index contributed by atoms with van der Waals surface area (Å²) < 4.78 is 41.9. The van der Waals surface area contributed by atoms with Crippen LogP contribution in [0.5, 0.6) is 0 Å². The highest BCUT2D eigenvalue weighted by molar-refractivity contribution is 7.14. The van der Waals surface area contributed by atoms with Gasteiger partial charge in [0, 0.05) is 16.7 Å². The first-order valence-corrected chi connectivity index (χ1v) is 9.88. The fourth-order valence-electron chi connectivity index (χ4n) is 3.80. The van der Waals surface area contributed by atoms with Gasteiger partial charge < -0.3 is 5.11 Å². The van der Waals surface area contributed by atoms with Crippen molar-refractivity contribution in [2.75, 3.05) is 5.01 Å². The van der Waals surface area contributed by atoms with Gasteiger partial charge in [0.05, 0.1) is 11.6 Å². The van der Waals surface area contributed by atoms with Gasteiger partial charge in [-0.3, -0.25) is 0 Å². The number of hydrogen-bond donors (Lipinski definition) is 1. The molecule has 1 aromatic heterocycles. The molecule has 144 valence electrons. The first-order chi connectivity index (χ1) is 12.8. The largest absolute Gasteiger partial charge is 0.439 e. The summed E-state index contributed by atoms with van der Waals surface area (Å²) in [5.41, 5.74) is -0.118. The van der Waals surface area contributed by atoms with E-state index in [1.165, 1.54) is 0 Å². The topological polar surface area (TPSA) is 48.7 Å². The van der Waals surface area contributed by atoms with Gasteiger partial charge in [-0.25, -0.2) is 4.98 Å². The van der Waals surface area contributed by atoms with Gasteiger partial charge in [0.2, 0.25) is 5.13 Å². The smallest absolute Gasteiger partial charge is 0.362 e. The number of aliphatic hydroxyl groups is 1. The Morgan fingerprint density at radius 3 is 2.63 bits per heavy atom. The lowest BCUT2D eigenvalue weighted by Crippen LogP contribution is -2.60. The van der Waals surface area contributed by atoms with Crippen molar-refractivity contribution in [3.8, 4) is 11.3 Å². The first kappa shape index (κ1) is 18.4. The van der Waals surface area contributed by atoms with Crippen molar-refractivity contribution in [1.29, 1.82) is 0 Å². The molecule has 2 heterocycles. The molecule has 1 N–H and O–H groups in total. The lowest BCUT2D eigenvalue weighted by atomic mass is 9.87. The lowest BCUT2D eigenvalue weighted by Gasteiger charge is -2.37. The molecule has 2 aliphatic rings. The van der Waals surface area contributed by atoms with Crippen LogP contribution in [0.25, 0.3) is 11.3 Å². The minimum Gasteiger partial charge on any atom is -0.362 e. The van der Waals surface area contributed by atoms with E-state index in [4.69, 9.17) is 0 Å². The molecule has 1 aromatic carbocycles. The number of anilines is 1. The van der Waals surface area contributed by atoms with E-state index in [1.54, 1.807) is 5.38 Å². The molecule has 4 nitrogen and oxygen atoms in total. The third kappa shape index (κ3) is 3.04. The molecule has 1 aliphatic carbocycles. The predicted molar refractivity (Wildman–Crippen MR) is 99.8 cm³/mol. The number of rotatable bonds is 2. The van der Waals surface area contributed by atoms with E-state index in [9.17, 15) is 18.3 Å². The predicted octanol–water partition coefficient (Wildman–Crippen LogP) is 5.13. The fraction of sp³-hybridized carbons (Fsp3) is 0.474. The molecule has 0 saturated heterocycles. The molecule has 27 heavy (non-hydrogen) atoms. The van der Waals surface area contributed by atoms with Gasteiger partial charge in [0.15, 0.2) is 0 Å². The van der Waals surface area contributed by atoms with Crippen molar-refractivity contribution in [3.05, 3.63) is 35.2 Å². The second-order valence-corrected chi connectivity index (χ2v) is 8.00. The minimum absolute atomic E-state index is 0.0611. The van der Waals surface area contributed by atoms with E-state index in [2.05, 4.69) is 10.1 Å². The molecule has 4 rings (SSSR count). The van der Waals surface area contributed by atoms with Gasteiger partial charge in [0.25, 0.3) is 5.72 Å². The molecule has 1 saturated carbocycles. The Balaban J connectivity index is 1.74. The third-order valence-corrected chi connectivity index (χ3v) is 6.12. The van der Waals surface area contributed by atoms with Crippen molar-refractivity contribution in [2.24, 2.45) is 11.0 Å². The summed E-state index contributed by atoms with van der Waals surface area (Å²) in [6.45, 7) is 1.96. The van der Waals surface area contributed by atoms with E-state index in [1.807, 2.05) is 31.2 Å². The van der Waals surface area contributed by atoms with Crippen LogP contribution in [-0.2, 0) is 0 Å². The van der Waals surface area contributed by atoms with Gasteiger partial charge >= 0.3 is 6.18 Å². The van der Waals surface area contributed by atoms with E-state index < -0.39 is 17.8 Å². The standard InChI is InChI=1S/C19H20F3N3OS/c1-12-7-9-13(10-8-12)16-11-27-17(23-16)25-18(26,19(20,21)22)14-5-3-2-4-6-15(14)24-25/h7-11,14,26H,2-6H2,1H3/t14-,18+/m0/s1. The highest BCUT2D eigenvalue weighted by Crippen LogP contribution is 2.50. The van der Waals surface area contributed by atoms with Gasteiger partial charge in [-0.2, -0.15) is 23.3 Å². The Kier molecular flexibility index (Phi) is 4.50. The SMILES string of the molecule is Cc1ccc(-c2csc(N3N=C4CCCCC[C@@H]4[C@@]3(O)C(F)(F)F)n2)cc1.